The highest BCUT2D eigenvalue weighted by Gasteiger charge is 2.12. The standard InChI is InChI=1S/C12H19NO2/c1-8-9(2)12(15-3)5-4-10(8)11(13)6-7-14/h4-5,11,14H,6-7,13H2,1-3H3. The molecule has 0 saturated heterocycles. The van der Waals surface area contributed by atoms with Crippen LogP contribution in [0.2, 0.25) is 0 Å². The lowest BCUT2D eigenvalue weighted by Crippen LogP contribution is -2.14. The quantitative estimate of drug-likeness (QED) is 0.793. The molecule has 3 N–H and O–H groups in total. The van der Waals surface area contributed by atoms with Crippen LogP contribution in [0.5, 0.6) is 5.75 Å². The number of hydrogen-bond donors (Lipinski definition) is 2. The Morgan fingerprint density at radius 3 is 2.53 bits per heavy atom. The molecular formula is C12H19NO2. The van der Waals surface area contributed by atoms with Gasteiger partial charge in [0, 0.05) is 12.6 Å². The van der Waals surface area contributed by atoms with Gasteiger partial charge >= 0.3 is 0 Å². The van der Waals surface area contributed by atoms with Crippen LogP contribution in [0.25, 0.3) is 0 Å². The summed E-state index contributed by atoms with van der Waals surface area (Å²) in [6, 6.07) is 3.80. The van der Waals surface area contributed by atoms with Crippen molar-refractivity contribution in [2.75, 3.05) is 13.7 Å². The van der Waals surface area contributed by atoms with Crippen LogP contribution < -0.4 is 10.5 Å². The minimum Gasteiger partial charge on any atom is -0.496 e. The molecule has 1 aromatic carbocycles. The molecule has 0 heterocycles. The zero-order valence-corrected chi connectivity index (χ0v) is 9.58. The van der Waals surface area contributed by atoms with Crippen LogP contribution >= 0.6 is 0 Å². The highest BCUT2D eigenvalue weighted by molar-refractivity contribution is 5.44. The van der Waals surface area contributed by atoms with Crippen molar-refractivity contribution < 1.29 is 9.84 Å². The molecule has 0 aromatic heterocycles. The van der Waals surface area contributed by atoms with E-state index in [4.69, 9.17) is 15.6 Å². The second kappa shape index (κ2) is 5.14. The molecule has 0 aliphatic heterocycles. The van der Waals surface area contributed by atoms with Crippen molar-refractivity contribution in [2.24, 2.45) is 5.73 Å². The average molecular weight is 209 g/mol. The molecule has 3 heteroatoms. The maximum absolute atomic E-state index is 8.85. The zero-order valence-electron chi connectivity index (χ0n) is 9.58. The normalized spacial score (nSPS) is 12.6. The van der Waals surface area contributed by atoms with Crippen LogP contribution in [0.1, 0.15) is 29.2 Å². The first-order chi connectivity index (χ1) is 7.11. The third-order valence-electron chi connectivity index (χ3n) is 2.84. The summed E-state index contributed by atoms with van der Waals surface area (Å²) in [6.07, 6.45) is 0.590. The first-order valence-electron chi connectivity index (χ1n) is 5.12. The number of hydrogen-bond acceptors (Lipinski definition) is 3. The Balaban J connectivity index is 3.06. The van der Waals surface area contributed by atoms with Crippen molar-refractivity contribution in [2.45, 2.75) is 26.3 Å². The van der Waals surface area contributed by atoms with E-state index in [2.05, 4.69) is 0 Å². The molecule has 84 valence electrons. The number of aliphatic hydroxyl groups is 1. The van der Waals surface area contributed by atoms with Crippen LogP contribution in [-0.4, -0.2) is 18.8 Å². The predicted molar refractivity (Wildman–Crippen MR) is 61.1 cm³/mol. The SMILES string of the molecule is COc1ccc(C(N)CCO)c(C)c1C. The molecular weight excluding hydrogens is 190 g/mol. The van der Waals surface area contributed by atoms with Gasteiger partial charge in [0.2, 0.25) is 0 Å². The maximum atomic E-state index is 8.85. The van der Waals surface area contributed by atoms with Gasteiger partial charge < -0.3 is 15.6 Å². The molecule has 0 aliphatic carbocycles. The fourth-order valence-electron chi connectivity index (χ4n) is 1.73. The second-order valence-electron chi connectivity index (χ2n) is 3.73. The highest BCUT2D eigenvalue weighted by Crippen LogP contribution is 2.27. The first kappa shape index (κ1) is 12.0. The third kappa shape index (κ3) is 2.49. The number of ether oxygens (including phenoxy) is 1. The molecule has 0 amide bonds. The fraction of sp³-hybridized carbons (Fsp3) is 0.500. The Labute approximate surface area is 90.9 Å². The van der Waals surface area contributed by atoms with Crippen molar-refractivity contribution >= 4 is 0 Å². The van der Waals surface area contributed by atoms with Gasteiger partial charge in [0.1, 0.15) is 5.75 Å². The summed E-state index contributed by atoms with van der Waals surface area (Å²) in [4.78, 5) is 0. The van der Waals surface area contributed by atoms with Crippen LogP contribution in [0.15, 0.2) is 12.1 Å². The van der Waals surface area contributed by atoms with Crippen molar-refractivity contribution in [1.29, 1.82) is 0 Å². The molecule has 0 radical (unpaired) electrons. The van der Waals surface area contributed by atoms with Crippen LogP contribution in [0.4, 0.5) is 0 Å². The number of methoxy groups -OCH3 is 1. The van der Waals surface area contributed by atoms with E-state index in [9.17, 15) is 0 Å². The Morgan fingerprint density at radius 2 is 2.00 bits per heavy atom. The lowest BCUT2D eigenvalue weighted by molar-refractivity contribution is 0.276. The molecule has 1 atom stereocenters. The third-order valence-corrected chi connectivity index (χ3v) is 2.84. The van der Waals surface area contributed by atoms with Crippen LogP contribution in [-0.2, 0) is 0 Å². The van der Waals surface area contributed by atoms with E-state index in [-0.39, 0.29) is 12.6 Å². The molecule has 0 bridgehead atoms. The summed E-state index contributed by atoms with van der Waals surface area (Å²) in [5, 5.41) is 8.85. The van der Waals surface area contributed by atoms with Crippen LogP contribution in [0, 0.1) is 13.8 Å². The van der Waals surface area contributed by atoms with Gasteiger partial charge in [0.15, 0.2) is 0 Å². The molecule has 0 fully saturated rings. The van der Waals surface area contributed by atoms with Gasteiger partial charge in [-0.2, -0.15) is 0 Å². The monoisotopic (exact) mass is 209 g/mol. The van der Waals surface area contributed by atoms with Crippen molar-refractivity contribution in [1.82, 2.24) is 0 Å². The number of benzene rings is 1. The molecule has 1 aromatic rings. The summed E-state index contributed by atoms with van der Waals surface area (Å²) in [5.41, 5.74) is 9.31. The smallest absolute Gasteiger partial charge is 0.122 e. The Kier molecular flexibility index (Phi) is 4.12. The highest BCUT2D eigenvalue weighted by atomic mass is 16.5. The Hall–Kier alpha value is -1.06. The lowest BCUT2D eigenvalue weighted by Gasteiger charge is -2.17. The van der Waals surface area contributed by atoms with E-state index >= 15 is 0 Å². The second-order valence-corrected chi connectivity index (χ2v) is 3.73. The molecule has 0 spiro atoms. The van der Waals surface area contributed by atoms with E-state index in [1.165, 1.54) is 0 Å². The van der Waals surface area contributed by atoms with Crippen molar-refractivity contribution in [3.8, 4) is 5.75 Å². The van der Waals surface area contributed by atoms with Gasteiger partial charge in [0.25, 0.3) is 0 Å². The summed E-state index contributed by atoms with van der Waals surface area (Å²) >= 11 is 0. The van der Waals surface area contributed by atoms with Gasteiger partial charge in [-0.1, -0.05) is 6.07 Å². The fourth-order valence-corrected chi connectivity index (χ4v) is 1.73. The van der Waals surface area contributed by atoms with E-state index in [1.54, 1.807) is 7.11 Å². The lowest BCUT2D eigenvalue weighted by atomic mass is 9.95. The number of aliphatic hydroxyl groups excluding tert-OH is 1. The van der Waals surface area contributed by atoms with Gasteiger partial charge in [-0.05, 0) is 43.0 Å². The van der Waals surface area contributed by atoms with E-state index in [0.717, 1.165) is 22.4 Å². The van der Waals surface area contributed by atoms with Crippen LogP contribution in [0.3, 0.4) is 0 Å². The van der Waals surface area contributed by atoms with Crippen molar-refractivity contribution in [3.05, 3.63) is 28.8 Å². The summed E-state index contributed by atoms with van der Waals surface area (Å²) in [5.74, 6) is 0.882. The van der Waals surface area contributed by atoms with E-state index < -0.39 is 0 Å². The summed E-state index contributed by atoms with van der Waals surface area (Å²) in [7, 11) is 1.66. The van der Waals surface area contributed by atoms with Gasteiger partial charge in [-0.25, -0.2) is 0 Å². The topological polar surface area (TPSA) is 55.5 Å². The first-order valence-corrected chi connectivity index (χ1v) is 5.12. The average Bonchev–Trinajstić information content (AvgIpc) is 2.22. The minimum absolute atomic E-state index is 0.0976. The van der Waals surface area contributed by atoms with Crippen molar-refractivity contribution in [3.63, 3.8) is 0 Å². The van der Waals surface area contributed by atoms with Gasteiger partial charge in [-0.15, -0.1) is 0 Å². The van der Waals surface area contributed by atoms with Gasteiger partial charge in [0.05, 0.1) is 7.11 Å². The largest absolute Gasteiger partial charge is 0.496 e. The molecule has 1 unspecified atom stereocenters. The molecule has 15 heavy (non-hydrogen) atoms. The summed E-state index contributed by atoms with van der Waals surface area (Å²) < 4.78 is 5.23. The molecule has 0 aliphatic rings. The van der Waals surface area contributed by atoms with Gasteiger partial charge in [-0.3, -0.25) is 0 Å². The molecule has 3 nitrogen and oxygen atoms in total. The Bertz CT molecular complexity index is 337. The Morgan fingerprint density at radius 1 is 1.33 bits per heavy atom. The molecule has 0 saturated carbocycles. The van der Waals surface area contributed by atoms with E-state index in [0.29, 0.717) is 6.42 Å². The number of rotatable bonds is 4. The predicted octanol–water partition coefficient (Wildman–Crippen LogP) is 1.69. The molecule has 1 rings (SSSR count). The minimum atomic E-state index is -0.0976. The van der Waals surface area contributed by atoms with E-state index in [1.807, 2.05) is 26.0 Å². The summed E-state index contributed by atoms with van der Waals surface area (Å²) in [6.45, 7) is 4.17. The maximum Gasteiger partial charge on any atom is 0.122 e. The zero-order chi connectivity index (χ0) is 11.4. The number of nitrogens with two attached hydrogens (primary N) is 1.